The van der Waals surface area contributed by atoms with E-state index in [-0.39, 0.29) is 30.6 Å². The number of aliphatic carboxylic acids is 1. The highest BCUT2D eigenvalue weighted by molar-refractivity contribution is 5.89. The van der Waals surface area contributed by atoms with Gasteiger partial charge < -0.3 is 35.6 Å². The van der Waals surface area contributed by atoms with Crippen molar-refractivity contribution in [1.82, 2.24) is 20.2 Å². The summed E-state index contributed by atoms with van der Waals surface area (Å²) < 4.78 is 20.7. The van der Waals surface area contributed by atoms with E-state index in [4.69, 9.17) is 4.74 Å². The highest BCUT2D eigenvalue weighted by Crippen LogP contribution is 2.27. The Morgan fingerprint density at radius 1 is 1.00 bits per heavy atom. The number of carboxylic acids is 1. The summed E-state index contributed by atoms with van der Waals surface area (Å²) in [6.07, 6.45) is 2.50. The van der Waals surface area contributed by atoms with Gasteiger partial charge in [0, 0.05) is 44.8 Å². The van der Waals surface area contributed by atoms with Crippen molar-refractivity contribution in [3.8, 4) is 0 Å². The zero-order chi connectivity index (χ0) is 30.9. The van der Waals surface area contributed by atoms with Crippen LogP contribution in [0.15, 0.2) is 60.9 Å². The van der Waals surface area contributed by atoms with Gasteiger partial charge in [-0.05, 0) is 36.1 Å². The molecule has 0 spiro atoms. The highest BCUT2D eigenvalue weighted by Gasteiger charge is 2.31. The number of ether oxygens (including phenoxy) is 1. The summed E-state index contributed by atoms with van der Waals surface area (Å²) >= 11 is 0. The van der Waals surface area contributed by atoms with Gasteiger partial charge in [-0.2, -0.15) is 4.39 Å². The number of nitrogens with one attached hydrogen (secondary N) is 3. The third-order valence-corrected chi connectivity index (χ3v) is 7.72. The highest BCUT2D eigenvalue weighted by atomic mass is 19.1. The van der Waals surface area contributed by atoms with Gasteiger partial charge >= 0.3 is 12.0 Å². The minimum atomic E-state index is -1.16. The van der Waals surface area contributed by atoms with Gasteiger partial charge in [-0.1, -0.05) is 42.5 Å². The first-order chi connectivity index (χ1) is 21.4. The van der Waals surface area contributed by atoms with Gasteiger partial charge in [0.1, 0.15) is 12.4 Å². The van der Waals surface area contributed by atoms with Crippen LogP contribution in [0.25, 0.3) is 0 Å². The van der Waals surface area contributed by atoms with E-state index in [2.05, 4.69) is 25.9 Å². The Hall–Kier alpha value is -4.78. The average Bonchev–Trinajstić information content (AvgIpc) is 3.05. The molecule has 3 amide bonds. The second kappa shape index (κ2) is 14.6. The summed E-state index contributed by atoms with van der Waals surface area (Å²) in [6, 6.07) is 15.0. The average molecular weight is 606 g/mol. The van der Waals surface area contributed by atoms with Gasteiger partial charge in [-0.15, -0.1) is 0 Å². The number of carbonyl (C=O) groups is 3. The first-order valence-corrected chi connectivity index (χ1v) is 14.7. The predicted molar refractivity (Wildman–Crippen MR) is 162 cm³/mol. The van der Waals surface area contributed by atoms with E-state index in [1.54, 1.807) is 34.1 Å². The minimum Gasteiger partial charge on any atom is -0.480 e. The molecule has 2 saturated heterocycles. The monoisotopic (exact) mass is 605 g/mol. The zero-order valence-corrected chi connectivity index (χ0v) is 24.2. The SMILES string of the molecule is O=C(N[C@@H](Cc1ccc(NC(=O)N2CCOCC2)cc1)C(=O)O)C1CCCN(c2ncnc(NCc3ccccc3)c2F)C1. The van der Waals surface area contributed by atoms with Crippen LogP contribution in [0, 0.1) is 11.7 Å². The Morgan fingerprint density at radius 2 is 1.75 bits per heavy atom. The van der Waals surface area contributed by atoms with E-state index >= 15 is 4.39 Å². The van der Waals surface area contributed by atoms with Crippen LogP contribution in [0.1, 0.15) is 24.0 Å². The largest absolute Gasteiger partial charge is 0.480 e. The van der Waals surface area contributed by atoms with Crippen molar-refractivity contribution in [3.05, 3.63) is 77.9 Å². The second-order valence-corrected chi connectivity index (χ2v) is 10.8. The Kier molecular flexibility index (Phi) is 10.2. The number of rotatable bonds is 10. The van der Waals surface area contributed by atoms with Crippen LogP contribution in [0.4, 0.5) is 26.5 Å². The molecule has 1 unspecified atom stereocenters. The third-order valence-electron chi connectivity index (χ3n) is 7.72. The fraction of sp³-hybridized carbons (Fsp3) is 0.387. The number of benzene rings is 2. The second-order valence-electron chi connectivity index (χ2n) is 10.8. The van der Waals surface area contributed by atoms with E-state index in [1.165, 1.54) is 6.33 Å². The number of carbonyl (C=O) groups excluding carboxylic acids is 2. The molecule has 1 aromatic heterocycles. The molecule has 13 heteroatoms. The lowest BCUT2D eigenvalue weighted by molar-refractivity contribution is -0.142. The molecule has 3 aromatic rings. The summed E-state index contributed by atoms with van der Waals surface area (Å²) in [6.45, 7) is 3.13. The van der Waals surface area contributed by atoms with Crippen LogP contribution in [0.3, 0.4) is 0 Å². The van der Waals surface area contributed by atoms with Crippen LogP contribution in [-0.4, -0.2) is 83.3 Å². The van der Waals surface area contributed by atoms with E-state index in [0.717, 1.165) is 5.56 Å². The molecule has 232 valence electrons. The van der Waals surface area contributed by atoms with Gasteiger partial charge in [-0.3, -0.25) is 4.79 Å². The fourth-order valence-electron chi connectivity index (χ4n) is 5.29. The molecule has 4 N–H and O–H groups in total. The molecule has 0 aliphatic carbocycles. The molecule has 0 bridgehead atoms. The molecule has 5 rings (SSSR count). The number of anilines is 3. The lowest BCUT2D eigenvalue weighted by Gasteiger charge is -2.33. The summed E-state index contributed by atoms with van der Waals surface area (Å²) in [4.78, 5) is 49.3. The molecule has 2 aliphatic heterocycles. The summed E-state index contributed by atoms with van der Waals surface area (Å²) in [5.74, 6) is -2.54. The van der Waals surface area contributed by atoms with E-state index in [9.17, 15) is 19.5 Å². The maximum atomic E-state index is 15.4. The zero-order valence-electron chi connectivity index (χ0n) is 24.2. The quantitative estimate of drug-likeness (QED) is 0.274. The third kappa shape index (κ3) is 7.98. The molecule has 44 heavy (non-hydrogen) atoms. The van der Waals surface area contributed by atoms with Crippen molar-refractivity contribution in [2.24, 2.45) is 5.92 Å². The summed E-state index contributed by atoms with van der Waals surface area (Å²) in [5, 5.41) is 18.4. The predicted octanol–water partition coefficient (Wildman–Crippen LogP) is 3.12. The number of morpholine rings is 1. The van der Waals surface area contributed by atoms with Crippen molar-refractivity contribution in [1.29, 1.82) is 0 Å². The van der Waals surface area contributed by atoms with Crippen LogP contribution in [0.5, 0.6) is 0 Å². The van der Waals surface area contributed by atoms with Gasteiger partial charge in [0.15, 0.2) is 11.6 Å². The number of aromatic nitrogens is 2. The first-order valence-electron chi connectivity index (χ1n) is 14.7. The number of hydrogen-bond donors (Lipinski definition) is 4. The van der Waals surface area contributed by atoms with Gasteiger partial charge in [-0.25, -0.2) is 19.6 Å². The molecule has 2 fully saturated rings. The Morgan fingerprint density at radius 3 is 2.48 bits per heavy atom. The fourth-order valence-corrected chi connectivity index (χ4v) is 5.29. The number of piperidine rings is 1. The Labute approximate surface area is 254 Å². The first kappa shape index (κ1) is 30.7. The number of amides is 3. The molecule has 12 nitrogen and oxygen atoms in total. The number of urea groups is 1. The molecule has 3 heterocycles. The van der Waals surface area contributed by atoms with Gasteiger partial charge in [0.05, 0.1) is 19.1 Å². The Bertz CT molecular complexity index is 1440. The van der Waals surface area contributed by atoms with Crippen LogP contribution >= 0.6 is 0 Å². The topological polar surface area (TPSA) is 149 Å². The van der Waals surface area contributed by atoms with Crippen molar-refractivity contribution in [2.45, 2.75) is 31.8 Å². The van der Waals surface area contributed by atoms with E-state index in [1.807, 2.05) is 30.3 Å². The van der Waals surface area contributed by atoms with E-state index < -0.39 is 29.7 Å². The summed E-state index contributed by atoms with van der Waals surface area (Å²) in [7, 11) is 0. The maximum absolute atomic E-state index is 15.4. The molecular weight excluding hydrogens is 569 g/mol. The van der Waals surface area contributed by atoms with E-state index in [0.29, 0.717) is 63.5 Å². The molecule has 2 aromatic carbocycles. The van der Waals surface area contributed by atoms with Crippen molar-refractivity contribution < 1.29 is 28.6 Å². The lowest BCUT2D eigenvalue weighted by atomic mass is 9.96. The molecule has 0 saturated carbocycles. The number of nitrogens with zero attached hydrogens (tertiary/aromatic N) is 4. The molecule has 0 radical (unpaired) electrons. The van der Waals surface area contributed by atoms with Crippen LogP contribution in [0.2, 0.25) is 0 Å². The molecule has 2 atom stereocenters. The molecular formula is C31H36FN7O5. The van der Waals surface area contributed by atoms with Crippen molar-refractivity contribution >= 4 is 35.2 Å². The molecule has 2 aliphatic rings. The van der Waals surface area contributed by atoms with Gasteiger partial charge in [0.2, 0.25) is 11.7 Å². The van der Waals surface area contributed by atoms with Gasteiger partial charge in [0.25, 0.3) is 0 Å². The smallest absolute Gasteiger partial charge is 0.326 e. The normalized spacial score (nSPS) is 17.4. The number of carboxylic acid groups (broad SMARTS) is 1. The van der Waals surface area contributed by atoms with Crippen LogP contribution in [-0.2, 0) is 27.3 Å². The minimum absolute atomic E-state index is 0.0617. The Balaban J connectivity index is 1.16. The number of hydrogen-bond acceptors (Lipinski definition) is 8. The standard InChI is InChI=1S/C31H36FN7O5/c32-26-27(33-18-22-5-2-1-3-6-22)34-20-35-28(26)39-12-4-7-23(19-39)29(40)37-25(30(41)42)17-21-8-10-24(11-9-21)36-31(43)38-13-15-44-16-14-38/h1-3,5-6,8-11,20,23,25H,4,7,12-19H2,(H,36,43)(H,37,40)(H,41,42)(H,33,34,35)/t23?,25-/m0/s1. The van der Waals surface area contributed by atoms with Crippen LogP contribution < -0.4 is 20.9 Å². The summed E-state index contributed by atoms with van der Waals surface area (Å²) in [5.41, 5.74) is 2.24. The lowest BCUT2D eigenvalue weighted by Crippen LogP contribution is -2.49. The van der Waals surface area contributed by atoms with Crippen molar-refractivity contribution in [3.63, 3.8) is 0 Å². The maximum Gasteiger partial charge on any atom is 0.326 e. The van der Waals surface area contributed by atoms with Crippen molar-refractivity contribution in [2.75, 3.05) is 54.9 Å². The number of halogens is 1.